The summed E-state index contributed by atoms with van der Waals surface area (Å²) in [5.74, 6) is -0.441. The molecule has 0 radical (unpaired) electrons. The highest BCUT2D eigenvalue weighted by Crippen LogP contribution is 2.25. The van der Waals surface area contributed by atoms with Gasteiger partial charge in [0.2, 0.25) is 0 Å². The van der Waals surface area contributed by atoms with Crippen molar-refractivity contribution in [2.75, 3.05) is 13.2 Å². The fraction of sp³-hybridized carbons (Fsp3) is 0.316. The minimum atomic E-state index is -0.396. The molecule has 1 aliphatic rings. The fourth-order valence-electron chi connectivity index (χ4n) is 3.50. The number of hydrogen-bond acceptors (Lipinski definition) is 4. The standard InChI is InChI=1S/C19H20N4O3/c1-3-26-19(25)17-14-11-23(9-7-16(14)21-22(17)2)18(24)13-4-5-15-12(10-13)6-8-20-15/h4-6,8,10,20H,3,7,9,11H2,1-2H3. The van der Waals surface area contributed by atoms with E-state index in [2.05, 4.69) is 10.1 Å². The van der Waals surface area contributed by atoms with Crippen LogP contribution >= 0.6 is 0 Å². The molecule has 3 aromatic rings. The van der Waals surface area contributed by atoms with Crippen LogP contribution in [0, 0.1) is 0 Å². The number of hydrogen-bond donors (Lipinski definition) is 1. The number of fused-ring (bicyclic) bond motifs is 2. The molecule has 1 aromatic carbocycles. The second-order valence-electron chi connectivity index (χ2n) is 6.37. The number of nitrogens with zero attached hydrogens (tertiary/aromatic N) is 3. The van der Waals surface area contributed by atoms with E-state index in [4.69, 9.17) is 4.74 Å². The number of carbonyl (C=O) groups excluding carboxylic acids is 2. The predicted octanol–water partition coefficient (Wildman–Crippen LogP) is 2.28. The lowest BCUT2D eigenvalue weighted by Crippen LogP contribution is -2.36. The molecule has 0 spiro atoms. The molecule has 1 aliphatic heterocycles. The maximum atomic E-state index is 13.0. The summed E-state index contributed by atoms with van der Waals surface area (Å²) in [6.07, 6.45) is 2.48. The molecule has 0 saturated carbocycles. The minimum Gasteiger partial charge on any atom is -0.461 e. The first-order valence-corrected chi connectivity index (χ1v) is 8.66. The zero-order chi connectivity index (χ0) is 18.3. The Hall–Kier alpha value is -3.09. The van der Waals surface area contributed by atoms with Gasteiger partial charge in [-0.2, -0.15) is 5.10 Å². The lowest BCUT2D eigenvalue weighted by molar-refractivity contribution is 0.0508. The predicted molar refractivity (Wildman–Crippen MR) is 95.9 cm³/mol. The number of aromatic nitrogens is 3. The summed E-state index contributed by atoms with van der Waals surface area (Å²) in [4.78, 5) is 30.1. The lowest BCUT2D eigenvalue weighted by Gasteiger charge is -2.27. The number of H-pyrrole nitrogens is 1. The van der Waals surface area contributed by atoms with Crippen molar-refractivity contribution in [2.45, 2.75) is 19.9 Å². The molecule has 0 saturated heterocycles. The van der Waals surface area contributed by atoms with E-state index in [1.807, 2.05) is 30.5 Å². The first-order valence-electron chi connectivity index (χ1n) is 8.66. The van der Waals surface area contributed by atoms with Gasteiger partial charge in [-0.05, 0) is 31.2 Å². The summed E-state index contributed by atoms with van der Waals surface area (Å²) >= 11 is 0. The van der Waals surface area contributed by atoms with Crippen LogP contribution in [-0.2, 0) is 24.8 Å². The lowest BCUT2D eigenvalue weighted by atomic mass is 10.0. The van der Waals surface area contributed by atoms with Crippen LogP contribution in [-0.4, -0.2) is 44.7 Å². The second kappa shape index (κ2) is 6.33. The van der Waals surface area contributed by atoms with Crippen LogP contribution in [0.4, 0.5) is 0 Å². The molecule has 0 bridgehead atoms. The highest BCUT2D eigenvalue weighted by molar-refractivity contribution is 5.98. The van der Waals surface area contributed by atoms with Crippen LogP contribution in [0.5, 0.6) is 0 Å². The average molecular weight is 352 g/mol. The van der Waals surface area contributed by atoms with Crippen LogP contribution in [0.2, 0.25) is 0 Å². The summed E-state index contributed by atoms with van der Waals surface area (Å²) in [6.45, 7) is 3.02. The summed E-state index contributed by atoms with van der Waals surface area (Å²) < 4.78 is 6.70. The van der Waals surface area contributed by atoms with E-state index < -0.39 is 5.97 Å². The molecule has 0 unspecified atom stereocenters. The van der Waals surface area contributed by atoms with E-state index in [1.165, 1.54) is 0 Å². The Morgan fingerprint density at radius 3 is 2.96 bits per heavy atom. The third-order valence-electron chi connectivity index (χ3n) is 4.75. The topological polar surface area (TPSA) is 80.2 Å². The molecule has 134 valence electrons. The molecule has 2 aromatic heterocycles. The number of ether oxygens (including phenoxy) is 1. The van der Waals surface area contributed by atoms with Gasteiger partial charge in [0.25, 0.3) is 5.91 Å². The van der Waals surface area contributed by atoms with Crippen molar-refractivity contribution in [3.05, 3.63) is 53.0 Å². The van der Waals surface area contributed by atoms with E-state index in [1.54, 1.807) is 23.6 Å². The zero-order valence-corrected chi connectivity index (χ0v) is 14.8. The Bertz CT molecular complexity index is 1000. The van der Waals surface area contributed by atoms with E-state index in [0.29, 0.717) is 37.4 Å². The molecule has 1 N–H and O–H groups in total. The summed E-state index contributed by atoms with van der Waals surface area (Å²) in [7, 11) is 1.73. The Kier molecular flexibility index (Phi) is 3.99. The van der Waals surface area contributed by atoms with Gasteiger partial charge in [-0.25, -0.2) is 4.79 Å². The van der Waals surface area contributed by atoms with Gasteiger partial charge in [0, 0.05) is 48.2 Å². The second-order valence-corrected chi connectivity index (χ2v) is 6.37. The Labute approximate surface area is 150 Å². The number of amides is 1. The molecule has 1 amide bonds. The van der Waals surface area contributed by atoms with Crippen molar-refractivity contribution in [3.63, 3.8) is 0 Å². The average Bonchev–Trinajstić information content (AvgIpc) is 3.23. The van der Waals surface area contributed by atoms with Crippen molar-refractivity contribution < 1.29 is 14.3 Å². The Balaban J connectivity index is 1.63. The number of rotatable bonds is 3. The summed E-state index contributed by atoms with van der Waals surface area (Å²) in [5.41, 5.74) is 3.72. The Morgan fingerprint density at radius 2 is 2.15 bits per heavy atom. The number of aromatic amines is 1. The van der Waals surface area contributed by atoms with Gasteiger partial charge in [-0.3, -0.25) is 9.48 Å². The van der Waals surface area contributed by atoms with E-state index >= 15 is 0 Å². The van der Waals surface area contributed by atoms with Crippen molar-refractivity contribution in [2.24, 2.45) is 7.05 Å². The molecule has 3 heterocycles. The van der Waals surface area contributed by atoms with Gasteiger partial charge in [-0.15, -0.1) is 0 Å². The van der Waals surface area contributed by atoms with E-state index in [9.17, 15) is 9.59 Å². The van der Waals surface area contributed by atoms with Crippen molar-refractivity contribution in [1.82, 2.24) is 19.7 Å². The van der Waals surface area contributed by atoms with Gasteiger partial charge >= 0.3 is 5.97 Å². The van der Waals surface area contributed by atoms with Crippen LogP contribution in [0.3, 0.4) is 0 Å². The number of nitrogens with one attached hydrogen (secondary N) is 1. The molecular formula is C19H20N4O3. The van der Waals surface area contributed by atoms with Crippen LogP contribution < -0.4 is 0 Å². The maximum absolute atomic E-state index is 13.0. The van der Waals surface area contributed by atoms with Gasteiger partial charge in [0.15, 0.2) is 5.69 Å². The first kappa shape index (κ1) is 16.4. The van der Waals surface area contributed by atoms with Gasteiger partial charge < -0.3 is 14.6 Å². The highest BCUT2D eigenvalue weighted by Gasteiger charge is 2.30. The third-order valence-corrected chi connectivity index (χ3v) is 4.75. The molecule has 7 heteroatoms. The van der Waals surface area contributed by atoms with Crippen molar-refractivity contribution in [1.29, 1.82) is 0 Å². The third kappa shape index (κ3) is 2.65. The molecule has 26 heavy (non-hydrogen) atoms. The van der Waals surface area contributed by atoms with Gasteiger partial charge in [0.05, 0.1) is 18.8 Å². The van der Waals surface area contributed by atoms with E-state index in [0.717, 1.165) is 22.2 Å². The summed E-state index contributed by atoms with van der Waals surface area (Å²) in [5, 5.41) is 5.43. The number of benzene rings is 1. The molecule has 0 fully saturated rings. The Morgan fingerprint density at radius 1 is 1.31 bits per heavy atom. The fourth-order valence-corrected chi connectivity index (χ4v) is 3.50. The SMILES string of the molecule is CCOC(=O)c1c2c(nn1C)CCN(C(=O)c1ccc3[nH]ccc3c1)C2. The number of carbonyl (C=O) groups is 2. The molecule has 0 aliphatic carbocycles. The van der Waals surface area contributed by atoms with Gasteiger partial charge in [-0.1, -0.05) is 0 Å². The molecular weight excluding hydrogens is 332 g/mol. The normalized spacial score (nSPS) is 13.7. The minimum absolute atomic E-state index is 0.0441. The van der Waals surface area contributed by atoms with Crippen LogP contribution in [0.25, 0.3) is 10.9 Å². The zero-order valence-electron chi connectivity index (χ0n) is 14.8. The molecule has 4 rings (SSSR count). The molecule has 0 atom stereocenters. The first-order chi connectivity index (χ1) is 12.6. The number of aryl methyl sites for hydroxylation is 1. The van der Waals surface area contributed by atoms with Gasteiger partial charge in [0.1, 0.15) is 0 Å². The largest absolute Gasteiger partial charge is 0.461 e. The summed E-state index contributed by atoms with van der Waals surface area (Å²) in [6, 6.07) is 7.57. The van der Waals surface area contributed by atoms with Crippen molar-refractivity contribution in [3.8, 4) is 0 Å². The van der Waals surface area contributed by atoms with Crippen LogP contribution in [0.1, 0.15) is 39.0 Å². The van der Waals surface area contributed by atoms with Crippen LogP contribution in [0.15, 0.2) is 30.5 Å². The van der Waals surface area contributed by atoms with E-state index in [-0.39, 0.29) is 5.91 Å². The van der Waals surface area contributed by atoms with Crippen molar-refractivity contribution >= 4 is 22.8 Å². The smallest absolute Gasteiger partial charge is 0.356 e. The maximum Gasteiger partial charge on any atom is 0.356 e. The quantitative estimate of drug-likeness (QED) is 0.734. The monoisotopic (exact) mass is 352 g/mol. The molecule has 7 nitrogen and oxygen atoms in total. The highest BCUT2D eigenvalue weighted by atomic mass is 16.5. The number of esters is 1.